The molecule has 2 aromatic carbocycles. The smallest absolute Gasteiger partial charge is 0.318 e. The van der Waals surface area contributed by atoms with Gasteiger partial charge in [0.05, 0.1) is 24.2 Å². The fourth-order valence-electron chi connectivity index (χ4n) is 4.17. The average molecular weight is 440 g/mol. The number of nitro benzene ring substituents is 1. The number of carbonyl (C=O) groups excluding carboxylic acids is 1. The molecule has 9 heteroatoms. The first kappa shape index (κ1) is 22.0. The van der Waals surface area contributed by atoms with Crippen LogP contribution in [0.5, 0.6) is 0 Å². The summed E-state index contributed by atoms with van der Waals surface area (Å²) in [7, 11) is 0. The number of nitrogens with zero attached hydrogens (tertiary/aromatic N) is 4. The predicted octanol–water partition coefficient (Wildman–Crippen LogP) is 2.50. The first-order valence-electron chi connectivity index (χ1n) is 11.0. The molecule has 0 aromatic heterocycles. The summed E-state index contributed by atoms with van der Waals surface area (Å²) in [6.07, 6.45) is 0. The van der Waals surface area contributed by atoms with Crippen molar-refractivity contribution in [1.82, 2.24) is 15.1 Å². The lowest BCUT2D eigenvalue weighted by Gasteiger charge is -2.37. The topological polar surface area (TPSA) is 91.2 Å². The molecule has 2 amide bonds. The van der Waals surface area contributed by atoms with E-state index >= 15 is 0 Å². The lowest BCUT2D eigenvalue weighted by Crippen LogP contribution is -2.53. The van der Waals surface area contributed by atoms with Gasteiger partial charge in [-0.2, -0.15) is 0 Å². The molecule has 4 rings (SSSR count). The number of amides is 2. The maximum Gasteiger partial charge on any atom is 0.318 e. The lowest BCUT2D eigenvalue weighted by atomic mass is 10.1. The molecule has 1 N–H and O–H groups in total. The maximum absolute atomic E-state index is 13.1. The van der Waals surface area contributed by atoms with Gasteiger partial charge in [-0.3, -0.25) is 15.0 Å². The lowest BCUT2D eigenvalue weighted by molar-refractivity contribution is -0.384. The van der Waals surface area contributed by atoms with Crippen molar-refractivity contribution < 1.29 is 14.5 Å². The normalized spacial score (nSPS) is 18.2. The zero-order valence-electron chi connectivity index (χ0n) is 18.1. The highest BCUT2D eigenvalue weighted by Gasteiger charge is 2.26. The van der Waals surface area contributed by atoms with Gasteiger partial charge in [0.25, 0.3) is 5.69 Å². The van der Waals surface area contributed by atoms with Crippen LogP contribution < -0.4 is 10.2 Å². The minimum absolute atomic E-state index is 0.0780. The first-order valence-corrected chi connectivity index (χ1v) is 11.0. The van der Waals surface area contributed by atoms with E-state index in [9.17, 15) is 14.9 Å². The van der Waals surface area contributed by atoms with Crippen LogP contribution >= 0.6 is 0 Å². The number of non-ortho nitro benzene ring substituents is 1. The van der Waals surface area contributed by atoms with Crippen molar-refractivity contribution in [1.29, 1.82) is 0 Å². The Labute approximate surface area is 187 Å². The SMILES string of the molecule is O=C(NC(CN1CCOCC1)c1ccccc1)N1CCN(c2cccc([N+](=O)[O-])c2)CC1. The molecule has 170 valence electrons. The number of nitrogens with one attached hydrogen (secondary N) is 1. The molecule has 32 heavy (non-hydrogen) atoms. The molecular weight excluding hydrogens is 410 g/mol. The van der Waals surface area contributed by atoms with Gasteiger partial charge in [-0.05, 0) is 11.6 Å². The zero-order chi connectivity index (χ0) is 22.3. The van der Waals surface area contributed by atoms with Crippen LogP contribution in [-0.4, -0.2) is 79.8 Å². The van der Waals surface area contributed by atoms with E-state index in [0.29, 0.717) is 26.2 Å². The molecule has 2 heterocycles. The van der Waals surface area contributed by atoms with Crippen LogP contribution in [0.3, 0.4) is 0 Å². The minimum atomic E-state index is -0.384. The van der Waals surface area contributed by atoms with Gasteiger partial charge in [0.2, 0.25) is 0 Å². The van der Waals surface area contributed by atoms with E-state index in [1.807, 2.05) is 41.3 Å². The summed E-state index contributed by atoms with van der Waals surface area (Å²) in [6, 6.07) is 16.5. The van der Waals surface area contributed by atoms with Gasteiger partial charge in [-0.1, -0.05) is 36.4 Å². The van der Waals surface area contributed by atoms with E-state index in [2.05, 4.69) is 15.1 Å². The van der Waals surface area contributed by atoms with Crippen molar-refractivity contribution in [2.24, 2.45) is 0 Å². The van der Waals surface area contributed by atoms with Crippen LogP contribution in [0, 0.1) is 10.1 Å². The Kier molecular flexibility index (Phi) is 7.18. The number of ether oxygens (including phenoxy) is 1. The van der Waals surface area contributed by atoms with Crippen LogP contribution in [0.4, 0.5) is 16.2 Å². The fraction of sp³-hybridized carbons (Fsp3) is 0.435. The molecule has 2 saturated heterocycles. The minimum Gasteiger partial charge on any atom is -0.379 e. The Bertz CT molecular complexity index is 912. The second-order valence-electron chi connectivity index (χ2n) is 8.08. The Morgan fingerprint density at radius 1 is 1.00 bits per heavy atom. The third-order valence-electron chi connectivity index (χ3n) is 6.02. The quantitative estimate of drug-likeness (QED) is 0.549. The number of hydrogen-bond acceptors (Lipinski definition) is 6. The number of urea groups is 1. The molecule has 0 saturated carbocycles. The Morgan fingerprint density at radius 3 is 2.41 bits per heavy atom. The summed E-state index contributed by atoms with van der Waals surface area (Å²) in [4.78, 5) is 30.0. The summed E-state index contributed by atoms with van der Waals surface area (Å²) >= 11 is 0. The van der Waals surface area contributed by atoms with Gasteiger partial charge >= 0.3 is 6.03 Å². The van der Waals surface area contributed by atoms with Crippen molar-refractivity contribution in [2.45, 2.75) is 6.04 Å². The van der Waals surface area contributed by atoms with Gasteiger partial charge in [-0.25, -0.2) is 4.79 Å². The van der Waals surface area contributed by atoms with Crippen molar-refractivity contribution in [3.8, 4) is 0 Å². The standard InChI is InChI=1S/C23H29N5O4/c29-23(24-22(19-5-2-1-3-6-19)18-25-13-15-32-16-14-25)27-11-9-26(10-12-27)20-7-4-8-21(17-20)28(30)31/h1-8,17,22H,9-16,18H2,(H,24,29). The number of piperazine rings is 1. The summed E-state index contributed by atoms with van der Waals surface area (Å²) in [5.41, 5.74) is 1.98. The molecule has 2 aliphatic heterocycles. The monoisotopic (exact) mass is 439 g/mol. The molecule has 0 radical (unpaired) electrons. The van der Waals surface area contributed by atoms with Gasteiger partial charge in [0, 0.05) is 63.6 Å². The molecule has 1 unspecified atom stereocenters. The van der Waals surface area contributed by atoms with E-state index in [1.54, 1.807) is 12.1 Å². The van der Waals surface area contributed by atoms with Crippen LogP contribution in [0.25, 0.3) is 0 Å². The number of nitro groups is 1. The third-order valence-corrected chi connectivity index (χ3v) is 6.02. The summed E-state index contributed by atoms with van der Waals surface area (Å²) in [5, 5.41) is 14.3. The molecule has 0 bridgehead atoms. The second kappa shape index (κ2) is 10.4. The van der Waals surface area contributed by atoms with Gasteiger partial charge < -0.3 is 19.9 Å². The molecule has 0 aliphatic carbocycles. The molecule has 1 atom stereocenters. The van der Waals surface area contributed by atoms with Crippen molar-refractivity contribution >= 4 is 17.4 Å². The molecule has 0 spiro atoms. The fourth-order valence-corrected chi connectivity index (χ4v) is 4.17. The number of hydrogen-bond donors (Lipinski definition) is 1. The number of anilines is 1. The highest BCUT2D eigenvalue weighted by Crippen LogP contribution is 2.22. The summed E-state index contributed by atoms with van der Waals surface area (Å²) in [6.45, 7) is 6.29. The zero-order valence-corrected chi connectivity index (χ0v) is 18.1. The Morgan fingerprint density at radius 2 is 1.72 bits per heavy atom. The van der Waals surface area contributed by atoms with Crippen LogP contribution in [0.1, 0.15) is 11.6 Å². The molecule has 9 nitrogen and oxygen atoms in total. The largest absolute Gasteiger partial charge is 0.379 e. The Balaban J connectivity index is 1.36. The Hall–Kier alpha value is -3.17. The van der Waals surface area contributed by atoms with Gasteiger partial charge in [0.1, 0.15) is 0 Å². The number of rotatable bonds is 6. The molecule has 2 aromatic rings. The predicted molar refractivity (Wildman–Crippen MR) is 122 cm³/mol. The van der Waals surface area contributed by atoms with Crippen molar-refractivity contribution in [3.05, 3.63) is 70.3 Å². The molecular formula is C23H29N5O4. The van der Waals surface area contributed by atoms with E-state index in [0.717, 1.165) is 44.1 Å². The highest BCUT2D eigenvalue weighted by atomic mass is 16.6. The van der Waals surface area contributed by atoms with E-state index in [1.165, 1.54) is 6.07 Å². The van der Waals surface area contributed by atoms with Crippen LogP contribution in [-0.2, 0) is 4.74 Å². The van der Waals surface area contributed by atoms with Crippen LogP contribution in [0.15, 0.2) is 54.6 Å². The van der Waals surface area contributed by atoms with Gasteiger partial charge in [-0.15, -0.1) is 0 Å². The van der Waals surface area contributed by atoms with E-state index in [4.69, 9.17) is 4.74 Å². The second-order valence-corrected chi connectivity index (χ2v) is 8.08. The number of benzene rings is 2. The molecule has 2 aliphatic rings. The van der Waals surface area contributed by atoms with Gasteiger partial charge in [0.15, 0.2) is 0 Å². The van der Waals surface area contributed by atoms with Crippen molar-refractivity contribution in [2.75, 3.05) is 63.9 Å². The average Bonchev–Trinajstić information content (AvgIpc) is 2.85. The highest BCUT2D eigenvalue weighted by molar-refractivity contribution is 5.75. The maximum atomic E-state index is 13.1. The van der Waals surface area contributed by atoms with Crippen LogP contribution in [0.2, 0.25) is 0 Å². The summed E-state index contributed by atoms with van der Waals surface area (Å²) in [5.74, 6) is 0. The van der Waals surface area contributed by atoms with E-state index in [-0.39, 0.29) is 22.7 Å². The molecule has 2 fully saturated rings. The third kappa shape index (κ3) is 5.54. The number of morpholine rings is 1. The number of carbonyl (C=O) groups is 1. The van der Waals surface area contributed by atoms with E-state index < -0.39 is 0 Å². The first-order chi connectivity index (χ1) is 15.6. The summed E-state index contributed by atoms with van der Waals surface area (Å²) < 4.78 is 5.45. The van der Waals surface area contributed by atoms with Crippen molar-refractivity contribution in [3.63, 3.8) is 0 Å².